The zero-order chi connectivity index (χ0) is 19.5. The van der Waals surface area contributed by atoms with Gasteiger partial charge < -0.3 is 5.32 Å². The second-order valence-electron chi connectivity index (χ2n) is 6.57. The van der Waals surface area contributed by atoms with Crippen molar-refractivity contribution < 1.29 is 17.6 Å². The number of benzene rings is 4. The highest BCUT2D eigenvalue weighted by Gasteiger charge is 2.26. The van der Waals surface area contributed by atoms with Crippen LogP contribution in [-0.2, 0) is 10.0 Å². The maximum absolute atomic E-state index is 13.7. The number of carbonyl (C=O) groups excluding carboxylic acids is 1. The average molecular weight is 392 g/mol. The van der Waals surface area contributed by atoms with Crippen LogP contribution in [0, 0.1) is 5.82 Å². The van der Waals surface area contributed by atoms with Gasteiger partial charge in [-0.2, -0.15) is 0 Å². The molecule has 0 radical (unpaired) electrons. The molecule has 0 spiro atoms. The highest BCUT2D eigenvalue weighted by molar-refractivity contribution is 7.93. The normalized spacial score (nSPS) is 13.1. The SMILES string of the molecule is O=C1Nc2ccc(S(=O)(=O)Nc3cccc4ccc(F)cc34)c3cccc1c23. The van der Waals surface area contributed by atoms with Crippen molar-refractivity contribution in [3.63, 3.8) is 0 Å². The molecule has 1 amide bonds. The summed E-state index contributed by atoms with van der Waals surface area (Å²) in [5, 5.41) is 4.95. The number of anilines is 2. The monoisotopic (exact) mass is 392 g/mol. The highest BCUT2D eigenvalue weighted by atomic mass is 32.2. The van der Waals surface area contributed by atoms with Crippen molar-refractivity contribution in [2.75, 3.05) is 10.0 Å². The van der Waals surface area contributed by atoms with Gasteiger partial charge in [-0.05, 0) is 41.8 Å². The summed E-state index contributed by atoms with van der Waals surface area (Å²) in [5.41, 5.74) is 1.31. The van der Waals surface area contributed by atoms with Crippen molar-refractivity contribution in [2.45, 2.75) is 4.90 Å². The molecule has 0 unspecified atom stereocenters. The Bertz CT molecular complexity index is 1410. The number of nitrogens with one attached hydrogen (secondary N) is 2. The van der Waals surface area contributed by atoms with Gasteiger partial charge in [0.2, 0.25) is 0 Å². The molecule has 0 fully saturated rings. The lowest BCUT2D eigenvalue weighted by Gasteiger charge is -2.13. The van der Waals surface area contributed by atoms with Crippen LogP contribution < -0.4 is 10.0 Å². The molecule has 5 nitrogen and oxygen atoms in total. The molecule has 0 aliphatic carbocycles. The highest BCUT2D eigenvalue weighted by Crippen LogP contribution is 2.37. The van der Waals surface area contributed by atoms with Gasteiger partial charge in [0.15, 0.2) is 0 Å². The molecule has 0 saturated heterocycles. The molecule has 4 aromatic carbocycles. The van der Waals surface area contributed by atoms with Crippen LogP contribution in [0.2, 0.25) is 0 Å². The number of hydrogen-bond acceptors (Lipinski definition) is 3. The molecule has 5 rings (SSSR count). The van der Waals surface area contributed by atoms with Crippen molar-refractivity contribution in [3.8, 4) is 0 Å². The lowest BCUT2D eigenvalue weighted by molar-refractivity contribution is 0.103. The molecule has 0 bridgehead atoms. The fourth-order valence-electron chi connectivity index (χ4n) is 3.63. The third kappa shape index (κ3) is 2.44. The number of hydrogen-bond donors (Lipinski definition) is 2. The van der Waals surface area contributed by atoms with Crippen molar-refractivity contribution >= 4 is 48.9 Å². The van der Waals surface area contributed by atoms with E-state index in [-0.39, 0.29) is 16.5 Å². The van der Waals surface area contributed by atoms with Crippen LogP contribution in [-0.4, -0.2) is 14.3 Å². The second kappa shape index (κ2) is 5.77. The summed E-state index contributed by atoms with van der Waals surface area (Å²) in [4.78, 5) is 12.1. The third-order valence-electron chi connectivity index (χ3n) is 4.87. The summed E-state index contributed by atoms with van der Waals surface area (Å²) in [6.45, 7) is 0. The van der Waals surface area contributed by atoms with E-state index in [1.165, 1.54) is 18.2 Å². The number of halogens is 1. The molecule has 28 heavy (non-hydrogen) atoms. The average Bonchev–Trinajstić information content (AvgIpc) is 3.00. The van der Waals surface area contributed by atoms with Crippen LogP contribution in [0.4, 0.5) is 15.8 Å². The predicted octanol–water partition coefficient (Wildman–Crippen LogP) is 4.50. The zero-order valence-corrected chi connectivity index (χ0v) is 15.2. The minimum Gasteiger partial charge on any atom is -0.321 e. The first-order valence-electron chi connectivity index (χ1n) is 8.52. The molecule has 4 aromatic rings. The van der Waals surface area contributed by atoms with E-state index in [0.717, 1.165) is 5.39 Å². The Labute approximate surface area is 159 Å². The number of fused-ring (bicyclic) bond motifs is 1. The van der Waals surface area contributed by atoms with E-state index in [0.29, 0.717) is 27.4 Å². The molecule has 1 heterocycles. The van der Waals surface area contributed by atoms with Crippen LogP contribution in [0.15, 0.2) is 71.6 Å². The van der Waals surface area contributed by atoms with E-state index in [1.54, 1.807) is 48.5 Å². The Hall–Kier alpha value is -3.45. The van der Waals surface area contributed by atoms with Crippen molar-refractivity contribution in [3.05, 3.63) is 78.1 Å². The second-order valence-corrected chi connectivity index (χ2v) is 8.22. The molecule has 0 saturated carbocycles. The first-order chi connectivity index (χ1) is 13.4. The fourth-order valence-corrected chi connectivity index (χ4v) is 4.92. The Morgan fingerprint density at radius 2 is 1.71 bits per heavy atom. The van der Waals surface area contributed by atoms with Gasteiger partial charge in [-0.3, -0.25) is 9.52 Å². The molecule has 0 aromatic heterocycles. The molecular formula is C21H13FN2O3S. The Morgan fingerprint density at radius 3 is 2.57 bits per heavy atom. The Kier molecular flexibility index (Phi) is 3.44. The number of rotatable bonds is 3. The number of amides is 1. The summed E-state index contributed by atoms with van der Waals surface area (Å²) >= 11 is 0. The van der Waals surface area contributed by atoms with Gasteiger partial charge in [0.1, 0.15) is 5.82 Å². The van der Waals surface area contributed by atoms with Gasteiger partial charge in [0.25, 0.3) is 15.9 Å². The van der Waals surface area contributed by atoms with Gasteiger partial charge in [-0.25, -0.2) is 12.8 Å². The van der Waals surface area contributed by atoms with Gasteiger partial charge in [-0.15, -0.1) is 0 Å². The van der Waals surface area contributed by atoms with Crippen LogP contribution in [0.5, 0.6) is 0 Å². The van der Waals surface area contributed by atoms with E-state index in [9.17, 15) is 17.6 Å². The number of sulfonamides is 1. The summed E-state index contributed by atoms with van der Waals surface area (Å²) in [5.74, 6) is -0.707. The third-order valence-corrected chi connectivity index (χ3v) is 6.30. The topological polar surface area (TPSA) is 75.3 Å². The quantitative estimate of drug-likeness (QED) is 0.539. The van der Waals surface area contributed by atoms with E-state index in [4.69, 9.17) is 0 Å². The van der Waals surface area contributed by atoms with Gasteiger partial charge in [0, 0.05) is 27.4 Å². The fraction of sp³-hybridized carbons (Fsp3) is 0. The summed E-state index contributed by atoms with van der Waals surface area (Å²) in [7, 11) is -3.98. The molecule has 138 valence electrons. The minimum atomic E-state index is -3.98. The summed E-state index contributed by atoms with van der Waals surface area (Å²) < 4.78 is 42.6. The van der Waals surface area contributed by atoms with Gasteiger partial charge in [-0.1, -0.05) is 30.3 Å². The first-order valence-corrected chi connectivity index (χ1v) is 10.0. The van der Waals surface area contributed by atoms with Gasteiger partial charge in [0.05, 0.1) is 10.6 Å². The van der Waals surface area contributed by atoms with Crippen molar-refractivity contribution in [1.29, 1.82) is 0 Å². The largest absolute Gasteiger partial charge is 0.321 e. The summed E-state index contributed by atoms with van der Waals surface area (Å²) in [6, 6.07) is 17.3. The zero-order valence-electron chi connectivity index (χ0n) is 14.4. The van der Waals surface area contributed by atoms with E-state index < -0.39 is 15.8 Å². The van der Waals surface area contributed by atoms with Gasteiger partial charge >= 0.3 is 0 Å². The molecule has 2 N–H and O–H groups in total. The van der Waals surface area contributed by atoms with Crippen LogP contribution in [0.3, 0.4) is 0 Å². The molecular weight excluding hydrogens is 379 g/mol. The maximum Gasteiger partial charge on any atom is 0.262 e. The van der Waals surface area contributed by atoms with Crippen LogP contribution >= 0.6 is 0 Å². The van der Waals surface area contributed by atoms with Crippen molar-refractivity contribution in [1.82, 2.24) is 0 Å². The van der Waals surface area contributed by atoms with Crippen LogP contribution in [0.25, 0.3) is 21.5 Å². The summed E-state index contributed by atoms with van der Waals surface area (Å²) in [6.07, 6.45) is 0. The maximum atomic E-state index is 13.7. The smallest absolute Gasteiger partial charge is 0.262 e. The van der Waals surface area contributed by atoms with E-state index >= 15 is 0 Å². The molecule has 1 aliphatic heterocycles. The number of carbonyl (C=O) groups is 1. The standard InChI is InChI=1S/C21H13FN2O3S/c22-13-8-7-12-3-1-6-17(16(12)11-13)24-28(26,27)19-10-9-18-20-14(19)4-2-5-15(20)21(25)23-18/h1-11,24H,(H,23,25). The van der Waals surface area contributed by atoms with E-state index in [1.807, 2.05) is 0 Å². The predicted molar refractivity (Wildman–Crippen MR) is 107 cm³/mol. The minimum absolute atomic E-state index is 0.0537. The van der Waals surface area contributed by atoms with Crippen LogP contribution in [0.1, 0.15) is 10.4 Å². The Morgan fingerprint density at radius 1 is 0.893 bits per heavy atom. The molecule has 0 atom stereocenters. The molecule has 7 heteroatoms. The van der Waals surface area contributed by atoms with Crippen molar-refractivity contribution in [2.24, 2.45) is 0 Å². The lowest BCUT2D eigenvalue weighted by Crippen LogP contribution is -2.13. The first kappa shape index (κ1) is 16.7. The Balaban J connectivity index is 1.68. The van der Waals surface area contributed by atoms with E-state index in [2.05, 4.69) is 10.0 Å². The lowest BCUT2D eigenvalue weighted by atomic mass is 10.1. The molecule has 1 aliphatic rings.